The van der Waals surface area contributed by atoms with Crippen LogP contribution in [0.2, 0.25) is 0 Å². The van der Waals surface area contributed by atoms with Gasteiger partial charge in [-0.2, -0.15) is 0 Å². The van der Waals surface area contributed by atoms with Crippen LogP contribution in [0.15, 0.2) is 47.4 Å². The Morgan fingerprint density at radius 2 is 1.96 bits per heavy atom. The molecule has 0 saturated carbocycles. The van der Waals surface area contributed by atoms with E-state index in [1.807, 2.05) is 24.3 Å². The molecule has 6 nitrogen and oxygen atoms in total. The number of fused-ring (bicyclic) bond motifs is 1. The van der Waals surface area contributed by atoms with Gasteiger partial charge in [-0.05, 0) is 23.8 Å². The first kappa shape index (κ1) is 16.6. The van der Waals surface area contributed by atoms with E-state index < -0.39 is 10.0 Å². The molecule has 1 heterocycles. The topological polar surface area (TPSA) is 73.9 Å². The predicted octanol–water partition coefficient (Wildman–Crippen LogP) is 1.99. The van der Waals surface area contributed by atoms with Gasteiger partial charge in [-0.3, -0.25) is 0 Å². The van der Waals surface area contributed by atoms with Gasteiger partial charge in [0.15, 0.2) is 0 Å². The van der Waals surface area contributed by atoms with Crippen LogP contribution in [0.3, 0.4) is 0 Å². The van der Waals surface area contributed by atoms with E-state index in [2.05, 4.69) is 4.72 Å². The van der Waals surface area contributed by atoms with E-state index in [4.69, 9.17) is 14.2 Å². The molecular weight excluding hydrogens is 330 g/mol. The molecular formula is C17H19NO5S. The lowest BCUT2D eigenvalue weighted by Crippen LogP contribution is -2.34. The second kappa shape index (κ2) is 6.70. The Balaban J connectivity index is 1.73. The molecule has 1 unspecified atom stereocenters. The normalized spacial score (nSPS) is 16.3. The molecule has 0 amide bonds. The minimum Gasteiger partial charge on any atom is -0.497 e. The van der Waals surface area contributed by atoms with E-state index in [1.165, 1.54) is 20.3 Å². The van der Waals surface area contributed by atoms with Crippen LogP contribution in [0.5, 0.6) is 17.2 Å². The van der Waals surface area contributed by atoms with Crippen molar-refractivity contribution in [2.24, 2.45) is 0 Å². The maximum atomic E-state index is 12.6. The van der Waals surface area contributed by atoms with Crippen molar-refractivity contribution in [2.45, 2.75) is 17.4 Å². The van der Waals surface area contributed by atoms with Crippen molar-refractivity contribution >= 4 is 10.0 Å². The van der Waals surface area contributed by atoms with Crippen LogP contribution in [-0.4, -0.2) is 35.3 Å². The second-order valence-electron chi connectivity index (χ2n) is 5.42. The molecule has 7 heteroatoms. The van der Waals surface area contributed by atoms with Crippen molar-refractivity contribution in [1.82, 2.24) is 4.72 Å². The molecule has 0 spiro atoms. The molecule has 2 aromatic rings. The van der Waals surface area contributed by atoms with Crippen molar-refractivity contribution in [1.29, 1.82) is 0 Å². The minimum absolute atomic E-state index is 0.0415. The number of benzene rings is 2. The quantitative estimate of drug-likeness (QED) is 0.863. The molecule has 0 saturated heterocycles. The largest absolute Gasteiger partial charge is 0.497 e. The van der Waals surface area contributed by atoms with Crippen molar-refractivity contribution in [3.05, 3.63) is 48.0 Å². The van der Waals surface area contributed by atoms with Crippen LogP contribution in [0.25, 0.3) is 0 Å². The molecule has 24 heavy (non-hydrogen) atoms. The van der Waals surface area contributed by atoms with Crippen molar-refractivity contribution < 1.29 is 22.6 Å². The first-order valence-electron chi connectivity index (χ1n) is 7.50. The van der Waals surface area contributed by atoms with Crippen LogP contribution in [0, 0.1) is 0 Å². The van der Waals surface area contributed by atoms with Gasteiger partial charge in [0, 0.05) is 19.0 Å². The highest BCUT2D eigenvalue weighted by Crippen LogP contribution is 2.30. The van der Waals surface area contributed by atoms with Crippen LogP contribution in [0.4, 0.5) is 0 Å². The van der Waals surface area contributed by atoms with Crippen LogP contribution in [-0.2, 0) is 16.4 Å². The Bertz CT molecular complexity index is 810. The summed E-state index contributed by atoms with van der Waals surface area (Å²) in [5, 5.41) is 0. The van der Waals surface area contributed by atoms with Crippen LogP contribution >= 0.6 is 0 Å². The van der Waals surface area contributed by atoms with Gasteiger partial charge in [0.2, 0.25) is 10.0 Å². The zero-order chi connectivity index (χ0) is 17.2. The van der Waals surface area contributed by atoms with E-state index in [0.29, 0.717) is 12.2 Å². The summed E-state index contributed by atoms with van der Waals surface area (Å²) in [7, 11) is -0.836. The summed E-state index contributed by atoms with van der Waals surface area (Å²) < 4.78 is 43.8. The van der Waals surface area contributed by atoms with Gasteiger partial charge in [0.1, 0.15) is 28.2 Å². The molecule has 3 rings (SSSR count). The second-order valence-corrected chi connectivity index (χ2v) is 7.16. The molecule has 1 aliphatic heterocycles. The summed E-state index contributed by atoms with van der Waals surface area (Å²) in [6.45, 7) is 0.178. The standard InChI is InChI=1S/C17H19NO5S/c1-21-13-7-8-16(22-2)17(10-13)24(19,20)18-11-14-9-12-5-3-4-6-15(12)23-14/h3-8,10,14,18H,9,11H2,1-2H3. The van der Waals surface area contributed by atoms with E-state index in [-0.39, 0.29) is 23.3 Å². The summed E-state index contributed by atoms with van der Waals surface area (Å²) in [6.07, 6.45) is 0.447. The molecule has 128 valence electrons. The van der Waals surface area contributed by atoms with E-state index >= 15 is 0 Å². The summed E-state index contributed by atoms with van der Waals surface area (Å²) in [6, 6.07) is 12.3. The zero-order valence-electron chi connectivity index (χ0n) is 13.5. The number of hydrogen-bond acceptors (Lipinski definition) is 5. The Morgan fingerprint density at radius 3 is 2.67 bits per heavy atom. The fourth-order valence-corrected chi connectivity index (χ4v) is 3.89. The molecule has 0 radical (unpaired) electrons. The molecule has 0 aliphatic carbocycles. The van der Waals surface area contributed by atoms with Crippen molar-refractivity contribution in [3.8, 4) is 17.2 Å². The fourth-order valence-electron chi connectivity index (χ4n) is 2.64. The lowest BCUT2D eigenvalue weighted by atomic mass is 10.1. The number of hydrogen-bond donors (Lipinski definition) is 1. The minimum atomic E-state index is -3.75. The number of sulfonamides is 1. The molecule has 1 atom stereocenters. The monoisotopic (exact) mass is 349 g/mol. The van der Waals surface area contributed by atoms with E-state index in [0.717, 1.165) is 11.3 Å². The lowest BCUT2D eigenvalue weighted by Gasteiger charge is -2.14. The first-order valence-corrected chi connectivity index (χ1v) is 8.98. The SMILES string of the molecule is COc1ccc(OC)c(S(=O)(=O)NCC2Cc3ccccc3O2)c1. The Kier molecular flexibility index (Phi) is 4.64. The van der Waals surface area contributed by atoms with E-state index in [9.17, 15) is 8.42 Å². The third kappa shape index (κ3) is 3.32. The molecule has 0 aromatic heterocycles. The zero-order valence-corrected chi connectivity index (χ0v) is 14.3. The summed E-state index contributed by atoms with van der Waals surface area (Å²) in [4.78, 5) is 0.0415. The number of nitrogens with one attached hydrogen (secondary N) is 1. The third-order valence-corrected chi connectivity index (χ3v) is 5.32. The average molecular weight is 349 g/mol. The van der Waals surface area contributed by atoms with Gasteiger partial charge in [0.05, 0.1) is 14.2 Å². The summed E-state index contributed by atoms with van der Waals surface area (Å²) in [5.41, 5.74) is 1.08. The van der Waals surface area contributed by atoms with Crippen molar-refractivity contribution in [2.75, 3.05) is 20.8 Å². The predicted molar refractivity (Wildman–Crippen MR) is 89.3 cm³/mol. The number of para-hydroxylation sites is 1. The fraction of sp³-hybridized carbons (Fsp3) is 0.294. The highest BCUT2D eigenvalue weighted by atomic mass is 32.2. The molecule has 0 fully saturated rings. The van der Waals surface area contributed by atoms with Gasteiger partial charge in [-0.1, -0.05) is 18.2 Å². The van der Waals surface area contributed by atoms with Gasteiger partial charge < -0.3 is 14.2 Å². The smallest absolute Gasteiger partial charge is 0.244 e. The van der Waals surface area contributed by atoms with Gasteiger partial charge in [-0.25, -0.2) is 13.1 Å². The first-order chi connectivity index (χ1) is 11.5. The van der Waals surface area contributed by atoms with E-state index in [1.54, 1.807) is 12.1 Å². The van der Waals surface area contributed by atoms with Crippen molar-refractivity contribution in [3.63, 3.8) is 0 Å². The number of ether oxygens (including phenoxy) is 3. The number of methoxy groups -OCH3 is 2. The van der Waals surface area contributed by atoms with Gasteiger partial charge >= 0.3 is 0 Å². The molecule has 0 bridgehead atoms. The van der Waals surface area contributed by atoms with Gasteiger partial charge in [-0.15, -0.1) is 0 Å². The summed E-state index contributed by atoms with van der Waals surface area (Å²) in [5.74, 6) is 1.51. The lowest BCUT2D eigenvalue weighted by molar-refractivity contribution is 0.236. The molecule has 1 N–H and O–H groups in total. The Morgan fingerprint density at radius 1 is 1.17 bits per heavy atom. The Labute approximate surface area is 141 Å². The molecule has 2 aromatic carbocycles. The highest BCUT2D eigenvalue weighted by Gasteiger charge is 2.26. The third-order valence-electron chi connectivity index (χ3n) is 3.88. The molecule has 1 aliphatic rings. The Hall–Kier alpha value is -2.25. The number of rotatable bonds is 6. The maximum absolute atomic E-state index is 12.6. The maximum Gasteiger partial charge on any atom is 0.244 e. The summed E-state index contributed by atoms with van der Waals surface area (Å²) >= 11 is 0. The average Bonchev–Trinajstić information content (AvgIpc) is 3.02. The van der Waals surface area contributed by atoms with Crippen LogP contribution < -0.4 is 18.9 Å². The van der Waals surface area contributed by atoms with Gasteiger partial charge in [0.25, 0.3) is 0 Å². The highest BCUT2D eigenvalue weighted by molar-refractivity contribution is 7.89. The van der Waals surface area contributed by atoms with Crippen LogP contribution in [0.1, 0.15) is 5.56 Å².